The lowest BCUT2D eigenvalue weighted by Gasteiger charge is -2.40. The average Bonchev–Trinajstić information content (AvgIpc) is 3.35. The largest absolute Gasteiger partial charge is 0.394 e. The Morgan fingerprint density at radius 1 is 0.507 bits per heavy atom. The van der Waals surface area contributed by atoms with Crippen LogP contribution in [0, 0.1) is 0 Å². The zero-order valence-corrected chi connectivity index (χ0v) is 42.5. The van der Waals surface area contributed by atoms with E-state index in [2.05, 4.69) is 165 Å². The third kappa shape index (κ3) is 37.3. The molecule has 1 rings (SSSR count). The minimum atomic E-state index is -1.59. The van der Waals surface area contributed by atoms with Crippen LogP contribution in [0.15, 0.2) is 158 Å². The van der Waals surface area contributed by atoms with E-state index in [9.17, 15) is 30.3 Å². The number of carbonyl (C=O) groups excluding carboxylic acids is 1. The van der Waals surface area contributed by atoms with Gasteiger partial charge in [0, 0.05) is 6.42 Å². The van der Waals surface area contributed by atoms with Crippen molar-refractivity contribution in [2.45, 2.75) is 198 Å². The fraction of sp³-hybridized carbons (Fsp3) is 0.550. The Bertz CT molecular complexity index is 1630. The van der Waals surface area contributed by atoms with Crippen molar-refractivity contribution >= 4 is 5.91 Å². The molecule has 0 aliphatic carbocycles. The zero-order chi connectivity index (χ0) is 50.1. The lowest BCUT2D eigenvalue weighted by atomic mass is 9.99. The van der Waals surface area contributed by atoms with Gasteiger partial charge in [0.15, 0.2) is 6.29 Å². The smallest absolute Gasteiger partial charge is 0.220 e. The summed E-state index contributed by atoms with van der Waals surface area (Å²) in [6, 6.07) is -0.853. The average molecular weight is 956 g/mol. The number of nitrogens with one attached hydrogen (secondary N) is 1. The van der Waals surface area contributed by atoms with Gasteiger partial charge in [-0.1, -0.05) is 191 Å². The molecule has 0 aromatic rings. The minimum absolute atomic E-state index is 0.226. The molecule has 7 unspecified atom stereocenters. The van der Waals surface area contributed by atoms with Gasteiger partial charge in [-0.05, 0) is 116 Å². The first-order chi connectivity index (χ1) is 33.8. The van der Waals surface area contributed by atoms with E-state index in [0.29, 0.717) is 19.3 Å². The highest BCUT2D eigenvalue weighted by Crippen LogP contribution is 2.22. The number of aliphatic hydroxyl groups is 5. The minimum Gasteiger partial charge on any atom is -0.394 e. The summed E-state index contributed by atoms with van der Waals surface area (Å²) in [7, 11) is 0. The third-order valence-corrected chi connectivity index (χ3v) is 11.0. The molecule has 0 spiro atoms. The third-order valence-electron chi connectivity index (χ3n) is 11.0. The molecule has 6 N–H and O–H groups in total. The van der Waals surface area contributed by atoms with E-state index in [0.717, 1.165) is 122 Å². The Kier molecular flexibility index (Phi) is 43.2. The number of amides is 1. The first kappa shape index (κ1) is 62.8. The second-order valence-corrected chi connectivity index (χ2v) is 17.2. The molecule has 1 amide bonds. The van der Waals surface area contributed by atoms with Gasteiger partial charge >= 0.3 is 0 Å². The molecule has 9 nitrogen and oxygen atoms in total. The summed E-state index contributed by atoms with van der Waals surface area (Å²) in [5.74, 6) is -0.226. The molecule has 69 heavy (non-hydrogen) atoms. The quantitative estimate of drug-likeness (QED) is 0.0262. The number of aliphatic hydroxyl groups excluding tert-OH is 5. The van der Waals surface area contributed by atoms with E-state index in [1.54, 1.807) is 6.08 Å². The number of ether oxygens (including phenoxy) is 2. The van der Waals surface area contributed by atoms with Crippen LogP contribution in [0.4, 0.5) is 0 Å². The molecule has 0 aromatic heterocycles. The molecule has 1 heterocycles. The van der Waals surface area contributed by atoms with Crippen LogP contribution in [0.25, 0.3) is 0 Å². The van der Waals surface area contributed by atoms with Crippen LogP contribution in [0.1, 0.15) is 155 Å². The van der Waals surface area contributed by atoms with Crippen LogP contribution in [-0.2, 0) is 14.3 Å². The fourth-order valence-electron chi connectivity index (χ4n) is 6.93. The normalized spacial score (nSPS) is 20.8. The second-order valence-electron chi connectivity index (χ2n) is 17.2. The molecule has 9 heteroatoms. The monoisotopic (exact) mass is 956 g/mol. The van der Waals surface area contributed by atoms with E-state index in [1.807, 2.05) is 6.08 Å². The van der Waals surface area contributed by atoms with E-state index >= 15 is 0 Å². The van der Waals surface area contributed by atoms with Crippen LogP contribution in [0.2, 0.25) is 0 Å². The van der Waals surface area contributed by atoms with Crippen molar-refractivity contribution in [3.8, 4) is 0 Å². The van der Waals surface area contributed by atoms with Crippen molar-refractivity contribution < 1.29 is 39.8 Å². The Hall–Kier alpha value is -4.19. The number of hydrogen-bond donors (Lipinski definition) is 6. The van der Waals surface area contributed by atoms with Crippen LogP contribution < -0.4 is 5.32 Å². The van der Waals surface area contributed by atoms with Crippen molar-refractivity contribution in [3.63, 3.8) is 0 Å². The van der Waals surface area contributed by atoms with Crippen LogP contribution in [0.3, 0.4) is 0 Å². The summed E-state index contributed by atoms with van der Waals surface area (Å²) >= 11 is 0. The van der Waals surface area contributed by atoms with Gasteiger partial charge in [-0.15, -0.1) is 0 Å². The van der Waals surface area contributed by atoms with Gasteiger partial charge in [0.2, 0.25) is 5.91 Å². The molecule has 0 radical (unpaired) electrons. The molecule has 386 valence electrons. The van der Waals surface area contributed by atoms with Crippen LogP contribution in [-0.4, -0.2) is 87.5 Å². The molecule has 0 aromatic carbocycles. The van der Waals surface area contributed by atoms with Gasteiger partial charge < -0.3 is 40.3 Å². The van der Waals surface area contributed by atoms with Crippen molar-refractivity contribution in [1.29, 1.82) is 0 Å². The number of rotatable bonds is 41. The van der Waals surface area contributed by atoms with Gasteiger partial charge in [0.25, 0.3) is 0 Å². The predicted molar refractivity (Wildman–Crippen MR) is 289 cm³/mol. The first-order valence-electron chi connectivity index (χ1n) is 26.2. The topological polar surface area (TPSA) is 149 Å². The van der Waals surface area contributed by atoms with E-state index in [1.165, 1.54) is 0 Å². The van der Waals surface area contributed by atoms with Gasteiger partial charge in [-0.3, -0.25) is 4.79 Å². The summed E-state index contributed by atoms with van der Waals surface area (Å²) < 4.78 is 11.2. The number of allylic oxidation sites excluding steroid dienone is 25. The number of hydrogen-bond acceptors (Lipinski definition) is 8. The van der Waals surface area contributed by atoms with Crippen molar-refractivity contribution in [2.24, 2.45) is 0 Å². The van der Waals surface area contributed by atoms with Crippen LogP contribution in [0.5, 0.6) is 0 Å². The highest BCUT2D eigenvalue weighted by Gasteiger charge is 2.44. The van der Waals surface area contributed by atoms with Crippen molar-refractivity contribution in [1.82, 2.24) is 5.32 Å². The maximum atomic E-state index is 13.0. The Morgan fingerprint density at radius 2 is 0.913 bits per heavy atom. The van der Waals surface area contributed by atoms with Crippen molar-refractivity contribution in [2.75, 3.05) is 13.2 Å². The lowest BCUT2D eigenvalue weighted by Crippen LogP contribution is -2.60. The van der Waals surface area contributed by atoms with Crippen LogP contribution >= 0.6 is 0 Å². The number of unbranched alkanes of at least 4 members (excludes halogenated alkanes) is 7. The maximum absolute atomic E-state index is 13.0. The standard InChI is InChI=1S/C60H93NO8/c1-3-5-7-9-11-13-15-16-17-18-19-20-21-22-23-24-25-26-27-28-29-30-31-32-33-34-35-36-37-38-40-42-44-46-48-50-56(64)61-53(52-68-60-59(67)58(66)57(65)55(51-62)69-60)54(63)49-47-45-43-41-39-14-12-10-8-6-4-2/h5,7-8,10-11,13,16-17,19-20,22-23,25-26,28-29,31-32,34-35,37-39,41,47,49,53-55,57-60,62-63,65-67H,3-4,6,9,12,14-15,18,21,24,27,30,33,36,40,42-46,48,50-52H2,1-2H3,(H,61,64)/b7-5-,10-8+,13-11-,17-16-,20-19-,23-22-,26-25-,29-28-,32-31-,35-34-,38-37-,41-39+,49-47+. The fourth-order valence-corrected chi connectivity index (χ4v) is 6.93. The van der Waals surface area contributed by atoms with Gasteiger partial charge in [0.1, 0.15) is 24.4 Å². The zero-order valence-electron chi connectivity index (χ0n) is 42.5. The second kappa shape index (κ2) is 47.5. The molecule has 7 atom stereocenters. The van der Waals surface area contributed by atoms with E-state index < -0.39 is 49.5 Å². The molecule has 1 aliphatic heterocycles. The lowest BCUT2D eigenvalue weighted by molar-refractivity contribution is -0.302. The Balaban J connectivity index is 2.25. The van der Waals surface area contributed by atoms with Gasteiger partial charge in [-0.2, -0.15) is 0 Å². The molecule has 1 saturated heterocycles. The molecule has 1 aliphatic rings. The summed E-state index contributed by atoms with van der Waals surface area (Å²) in [6.45, 7) is 3.51. The first-order valence-corrected chi connectivity index (χ1v) is 26.2. The Labute approximate surface area is 418 Å². The molecular weight excluding hydrogens is 863 g/mol. The molecule has 1 fully saturated rings. The SMILES string of the molecule is CC/C=C\C/C=C\C/C=C\C/C=C\C/C=C\C/C=C\C/C=C\C/C=C\C/C=C\C/C=C\CCCCCCC(=O)NC(COC1OC(CO)C(O)C(O)C1O)C(O)/C=C/CC/C=C/CC/C=C/CCC. The predicted octanol–water partition coefficient (Wildman–Crippen LogP) is 12.5. The van der Waals surface area contributed by atoms with E-state index in [-0.39, 0.29) is 12.5 Å². The van der Waals surface area contributed by atoms with Gasteiger partial charge in [0.05, 0.1) is 25.4 Å². The van der Waals surface area contributed by atoms with Gasteiger partial charge in [-0.25, -0.2) is 0 Å². The molecular formula is C60H93NO8. The summed E-state index contributed by atoms with van der Waals surface area (Å²) in [5.41, 5.74) is 0. The summed E-state index contributed by atoms with van der Waals surface area (Å²) in [4.78, 5) is 13.0. The molecule has 0 saturated carbocycles. The van der Waals surface area contributed by atoms with Crippen molar-refractivity contribution in [3.05, 3.63) is 158 Å². The Morgan fingerprint density at radius 3 is 1.36 bits per heavy atom. The maximum Gasteiger partial charge on any atom is 0.220 e. The summed E-state index contributed by atoms with van der Waals surface area (Å²) in [6.07, 6.45) is 68.8. The molecule has 0 bridgehead atoms. The summed E-state index contributed by atoms with van der Waals surface area (Å²) in [5, 5.41) is 54.1. The van der Waals surface area contributed by atoms with E-state index in [4.69, 9.17) is 9.47 Å². The highest BCUT2D eigenvalue weighted by molar-refractivity contribution is 5.76. The highest BCUT2D eigenvalue weighted by atomic mass is 16.7. The number of carbonyl (C=O) groups is 1.